The molecule has 0 amide bonds. The van der Waals surface area contributed by atoms with Crippen molar-refractivity contribution in [3.63, 3.8) is 0 Å². The molecule has 0 atom stereocenters. The van der Waals surface area contributed by atoms with Crippen LogP contribution < -0.4 is 5.73 Å². The van der Waals surface area contributed by atoms with Gasteiger partial charge in [0, 0.05) is 18.3 Å². The number of imidazole rings is 1. The summed E-state index contributed by atoms with van der Waals surface area (Å²) in [6.45, 7) is 4.30. The molecule has 3 N–H and O–H groups in total. The van der Waals surface area contributed by atoms with Gasteiger partial charge in [0.25, 0.3) is 0 Å². The van der Waals surface area contributed by atoms with E-state index in [1.165, 1.54) is 0 Å². The molecule has 0 radical (unpaired) electrons. The fourth-order valence-corrected chi connectivity index (χ4v) is 1.30. The lowest BCUT2D eigenvalue weighted by molar-refractivity contribution is 0.662. The molecule has 0 spiro atoms. The van der Waals surface area contributed by atoms with E-state index in [4.69, 9.17) is 5.73 Å². The van der Waals surface area contributed by atoms with Crippen LogP contribution in [0, 0.1) is 0 Å². The quantitative estimate of drug-likeness (QED) is 0.704. The van der Waals surface area contributed by atoms with Gasteiger partial charge in [-0.1, -0.05) is 11.3 Å². The molecule has 2 aromatic heterocycles. The molecule has 0 aliphatic carbocycles. The minimum absolute atomic E-state index is 0.420. The zero-order chi connectivity index (χ0) is 10.7. The second-order valence-corrected chi connectivity index (χ2v) is 3.19. The molecule has 2 heterocycles. The topological polar surface area (TPSA) is 85.4 Å². The summed E-state index contributed by atoms with van der Waals surface area (Å²) in [6, 6.07) is 0. The lowest BCUT2D eigenvalue weighted by Crippen LogP contribution is -1.94. The molecule has 0 aromatic carbocycles. The van der Waals surface area contributed by atoms with Gasteiger partial charge < -0.3 is 10.7 Å². The molecule has 2 rings (SSSR count). The van der Waals surface area contributed by atoms with Crippen molar-refractivity contribution in [3.05, 3.63) is 36.4 Å². The van der Waals surface area contributed by atoms with E-state index in [9.17, 15) is 0 Å². The Balaban J connectivity index is 2.07. The molecule has 6 nitrogen and oxygen atoms in total. The minimum atomic E-state index is 0.420. The third kappa shape index (κ3) is 2.22. The van der Waals surface area contributed by atoms with Crippen LogP contribution in [0.4, 0.5) is 5.95 Å². The van der Waals surface area contributed by atoms with Gasteiger partial charge in [0.2, 0.25) is 0 Å². The first-order valence-electron chi connectivity index (χ1n) is 4.57. The molecule has 0 fully saturated rings. The molecule has 2 aromatic rings. The van der Waals surface area contributed by atoms with Crippen LogP contribution in [0.15, 0.2) is 25.0 Å². The fraction of sp³-hybridized carbons (Fsp3) is 0.222. The number of anilines is 1. The van der Waals surface area contributed by atoms with Crippen molar-refractivity contribution in [1.82, 2.24) is 25.0 Å². The zero-order valence-corrected chi connectivity index (χ0v) is 8.22. The molecule has 0 saturated heterocycles. The standard InChI is InChI=1S/C9H12N6/c1-2-3-15-6-8(13-14-15)4-7-5-11-9(10)12-7/h2,5-6H,1,3-4H2,(H3,10,11,12). The predicted molar refractivity (Wildman–Crippen MR) is 56.0 cm³/mol. The molecule has 0 bridgehead atoms. The van der Waals surface area contributed by atoms with Crippen LogP contribution in [-0.2, 0) is 13.0 Å². The highest BCUT2D eigenvalue weighted by Gasteiger charge is 2.03. The summed E-state index contributed by atoms with van der Waals surface area (Å²) in [5.41, 5.74) is 7.27. The van der Waals surface area contributed by atoms with Gasteiger partial charge in [0.15, 0.2) is 5.95 Å². The molecular weight excluding hydrogens is 192 g/mol. The predicted octanol–water partition coefficient (Wildman–Crippen LogP) is 0.360. The van der Waals surface area contributed by atoms with E-state index in [0.717, 1.165) is 11.4 Å². The van der Waals surface area contributed by atoms with E-state index >= 15 is 0 Å². The number of hydrogen-bond acceptors (Lipinski definition) is 4. The van der Waals surface area contributed by atoms with Crippen LogP contribution in [0.1, 0.15) is 11.4 Å². The van der Waals surface area contributed by atoms with Crippen LogP contribution in [0.5, 0.6) is 0 Å². The smallest absolute Gasteiger partial charge is 0.197 e. The number of aromatic nitrogens is 5. The van der Waals surface area contributed by atoms with Crippen LogP contribution in [0.3, 0.4) is 0 Å². The van der Waals surface area contributed by atoms with E-state index in [2.05, 4.69) is 26.9 Å². The number of rotatable bonds is 4. The second kappa shape index (κ2) is 3.95. The molecule has 15 heavy (non-hydrogen) atoms. The van der Waals surface area contributed by atoms with Gasteiger partial charge in [-0.15, -0.1) is 11.7 Å². The maximum Gasteiger partial charge on any atom is 0.197 e. The highest BCUT2D eigenvalue weighted by atomic mass is 15.4. The molecule has 6 heteroatoms. The van der Waals surface area contributed by atoms with Gasteiger partial charge >= 0.3 is 0 Å². The molecule has 0 aliphatic rings. The molecule has 78 valence electrons. The van der Waals surface area contributed by atoms with Gasteiger partial charge in [-0.3, -0.25) is 0 Å². The van der Waals surface area contributed by atoms with Gasteiger partial charge in [-0.25, -0.2) is 9.67 Å². The molecule has 0 aliphatic heterocycles. The second-order valence-electron chi connectivity index (χ2n) is 3.19. The molecule has 0 unspecified atom stereocenters. The van der Waals surface area contributed by atoms with Crippen LogP contribution in [0.2, 0.25) is 0 Å². The average molecular weight is 204 g/mol. The number of hydrogen-bond donors (Lipinski definition) is 2. The van der Waals surface area contributed by atoms with E-state index in [1.807, 2.05) is 6.20 Å². The lowest BCUT2D eigenvalue weighted by Gasteiger charge is -1.91. The number of nitrogens with two attached hydrogens (primary N) is 1. The Hall–Kier alpha value is -2.11. The summed E-state index contributed by atoms with van der Waals surface area (Å²) >= 11 is 0. The van der Waals surface area contributed by atoms with E-state index in [0.29, 0.717) is 18.9 Å². The van der Waals surface area contributed by atoms with E-state index in [-0.39, 0.29) is 0 Å². The van der Waals surface area contributed by atoms with Crippen molar-refractivity contribution >= 4 is 5.95 Å². The summed E-state index contributed by atoms with van der Waals surface area (Å²) in [5, 5.41) is 7.95. The van der Waals surface area contributed by atoms with Gasteiger partial charge in [0.05, 0.1) is 18.4 Å². The Labute approximate surface area is 86.8 Å². The maximum absolute atomic E-state index is 5.46. The van der Waals surface area contributed by atoms with Crippen molar-refractivity contribution in [2.24, 2.45) is 0 Å². The average Bonchev–Trinajstić information content (AvgIpc) is 2.78. The van der Waals surface area contributed by atoms with Crippen molar-refractivity contribution in [3.8, 4) is 0 Å². The molecule has 0 saturated carbocycles. The third-order valence-corrected chi connectivity index (χ3v) is 1.92. The molecular formula is C9H12N6. The number of H-pyrrole nitrogens is 1. The Bertz CT molecular complexity index is 455. The van der Waals surface area contributed by atoms with Crippen LogP contribution in [-0.4, -0.2) is 25.0 Å². The lowest BCUT2D eigenvalue weighted by atomic mass is 10.3. The number of allylic oxidation sites excluding steroid dienone is 1. The van der Waals surface area contributed by atoms with Crippen molar-refractivity contribution in [1.29, 1.82) is 0 Å². The van der Waals surface area contributed by atoms with E-state index < -0.39 is 0 Å². The fourth-order valence-electron chi connectivity index (χ4n) is 1.30. The minimum Gasteiger partial charge on any atom is -0.369 e. The zero-order valence-electron chi connectivity index (χ0n) is 8.22. The first kappa shape index (κ1) is 9.45. The third-order valence-electron chi connectivity index (χ3n) is 1.92. The largest absolute Gasteiger partial charge is 0.369 e. The summed E-state index contributed by atoms with van der Waals surface area (Å²) < 4.78 is 1.72. The van der Waals surface area contributed by atoms with Crippen LogP contribution >= 0.6 is 0 Å². The monoisotopic (exact) mass is 204 g/mol. The number of nitrogens with zero attached hydrogens (tertiary/aromatic N) is 4. The first-order valence-corrected chi connectivity index (χ1v) is 4.57. The van der Waals surface area contributed by atoms with E-state index in [1.54, 1.807) is 17.0 Å². The highest BCUT2D eigenvalue weighted by Crippen LogP contribution is 2.04. The Morgan fingerprint density at radius 1 is 1.60 bits per heavy atom. The summed E-state index contributed by atoms with van der Waals surface area (Å²) in [5.74, 6) is 0.420. The van der Waals surface area contributed by atoms with Crippen molar-refractivity contribution in [2.45, 2.75) is 13.0 Å². The Morgan fingerprint density at radius 3 is 3.13 bits per heavy atom. The highest BCUT2D eigenvalue weighted by molar-refractivity contribution is 5.21. The normalized spacial score (nSPS) is 10.4. The number of nitrogen functional groups attached to an aromatic ring is 1. The SMILES string of the molecule is C=CCn1cc(Cc2cnc(N)[nH]2)nn1. The summed E-state index contributed by atoms with van der Waals surface area (Å²) in [6.07, 6.45) is 5.99. The van der Waals surface area contributed by atoms with Gasteiger partial charge in [0.1, 0.15) is 0 Å². The summed E-state index contributed by atoms with van der Waals surface area (Å²) in [4.78, 5) is 6.84. The van der Waals surface area contributed by atoms with Gasteiger partial charge in [-0.05, 0) is 0 Å². The summed E-state index contributed by atoms with van der Waals surface area (Å²) in [7, 11) is 0. The van der Waals surface area contributed by atoms with Gasteiger partial charge in [-0.2, -0.15) is 0 Å². The first-order chi connectivity index (χ1) is 7.28. The van der Waals surface area contributed by atoms with Crippen molar-refractivity contribution in [2.75, 3.05) is 5.73 Å². The Kier molecular flexibility index (Phi) is 2.49. The number of nitrogens with one attached hydrogen (secondary N) is 1. The Morgan fingerprint density at radius 2 is 2.47 bits per heavy atom. The number of aromatic amines is 1. The maximum atomic E-state index is 5.46. The van der Waals surface area contributed by atoms with Crippen molar-refractivity contribution < 1.29 is 0 Å². The van der Waals surface area contributed by atoms with Crippen LogP contribution in [0.25, 0.3) is 0 Å².